The number of hydrogen-bond acceptors (Lipinski definition) is 3. The number of benzene rings is 3. The Labute approximate surface area is 174 Å². The molecule has 3 aromatic carbocycles. The molecule has 3 rings (SSSR count). The van der Waals surface area contributed by atoms with Crippen LogP contribution < -0.4 is 0 Å². The lowest BCUT2D eigenvalue weighted by Crippen LogP contribution is -2.37. The van der Waals surface area contributed by atoms with E-state index in [1.54, 1.807) is 0 Å². The summed E-state index contributed by atoms with van der Waals surface area (Å²) in [7, 11) is 1.46. The molecule has 29 heavy (non-hydrogen) atoms. The Bertz CT molecular complexity index is 880. The molecule has 0 aliphatic rings. The molecule has 3 heteroatoms. The van der Waals surface area contributed by atoms with E-state index in [1.807, 2.05) is 37.3 Å². The van der Waals surface area contributed by atoms with Crippen LogP contribution in [0.25, 0.3) is 0 Å². The van der Waals surface area contributed by atoms with E-state index in [0.717, 1.165) is 12.1 Å². The lowest BCUT2D eigenvalue weighted by atomic mass is 9.90. The Hall–Kier alpha value is -2.91. The first-order valence-electron chi connectivity index (χ1n) is 10.1. The molecule has 0 radical (unpaired) electrons. The largest absolute Gasteiger partial charge is 0.469 e. The van der Waals surface area contributed by atoms with Gasteiger partial charge in [-0.25, -0.2) is 0 Å². The molecule has 3 aromatic rings. The molecule has 3 atom stereocenters. The highest BCUT2D eigenvalue weighted by Crippen LogP contribution is 2.37. The van der Waals surface area contributed by atoms with Crippen LogP contribution in [0.2, 0.25) is 0 Å². The minimum absolute atomic E-state index is 0.112. The lowest BCUT2D eigenvalue weighted by Gasteiger charge is -2.39. The van der Waals surface area contributed by atoms with Gasteiger partial charge < -0.3 is 4.74 Å². The highest BCUT2D eigenvalue weighted by atomic mass is 16.5. The fourth-order valence-corrected chi connectivity index (χ4v) is 3.93. The van der Waals surface area contributed by atoms with E-state index in [4.69, 9.17) is 4.74 Å². The zero-order valence-electron chi connectivity index (χ0n) is 17.4. The van der Waals surface area contributed by atoms with Crippen molar-refractivity contribution in [3.8, 4) is 0 Å². The number of esters is 1. The predicted molar refractivity (Wildman–Crippen MR) is 117 cm³/mol. The summed E-state index contributed by atoms with van der Waals surface area (Å²) in [6, 6.07) is 31.1. The van der Waals surface area contributed by atoms with Gasteiger partial charge >= 0.3 is 5.97 Å². The van der Waals surface area contributed by atoms with Crippen LogP contribution in [0.5, 0.6) is 0 Å². The summed E-state index contributed by atoms with van der Waals surface area (Å²) < 4.78 is 5.13. The minimum atomic E-state index is -0.308. The molecule has 0 bridgehead atoms. The zero-order chi connectivity index (χ0) is 20.6. The third-order valence-corrected chi connectivity index (χ3v) is 5.53. The standard InChI is InChI=1S/C26H29NO2/c1-20(26(28)29-3)25(24-17-11-6-12-18-24)27(19-22-13-7-4-8-14-22)21(2)23-15-9-5-10-16-23/h4-18,20-21,25H,19H2,1-3H3/t20?,21-,25?/m0/s1. The molecule has 2 unspecified atom stereocenters. The lowest BCUT2D eigenvalue weighted by molar-refractivity contribution is -0.148. The maximum absolute atomic E-state index is 12.6. The van der Waals surface area contributed by atoms with Crippen LogP contribution in [-0.2, 0) is 16.1 Å². The van der Waals surface area contributed by atoms with Gasteiger partial charge in [0.05, 0.1) is 13.0 Å². The number of rotatable bonds is 8. The quantitative estimate of drug-likeness (QED) is 0.458. The van der Waals surface area contributed by atoms with Crippen LogP contribution in [0, 0.1) is 5.92 Å². The zero-order valence-corrected chi connectivity index (χ0v) is 17.4. The van der Waals surface area contributed by atoms with E-state index in [9.17, 15) is 4.79 Å². The van der Waals surface area contributed by atoms with Gasteiger partial charge in [-0.15, -0.1) is 0 Å². The van der Waals surface area contributed by atoms with Crippen molar-refractivity contribution in [2.75, 3.05) is 7.11 Å². The van der Waals surface area contributed by atoms with Gasteiger partial charge in [0.15, 0.2) is 0 Å². The van der Waals surface area contributed by atoms with Crippen LogP contribution >= 0.6 is 0 Å². The molecule has 0 N–H and O–H groups in total. The van der Waals surface area contributed by atoms with Crippen LogP contribution in [0.4, 0.5) is 0 Å². The molecule has 0 aliphatic carbocycles. The summed E-state index contributed by atoms with van der Waals surface area (Å²) in [5, 5.41) is 0. The molecule has 0 fully saturated rings. The summed E-state index contributed by atoms with van der Waals surface area (Å²) in [5.41, 5.74) is 3.55. The highest BCUT2D eigenvalue weighted by molar-refractivity contribution is 5.73. The number of methoxy groups -OCH3 is 1. The predicted octanol–water partition coefficient (Wildman–Crippen LogP) is 5.80. The van der Waals surface area contributed by atoms with Crippen molar-refractivity contribution < 1.29 is 9.53 Å². The average molecular weight is 388 g/mol. The van der Waals surface area contributed by atoms with Crippen molar-refractivity contribution in [3.05, 3.63) is 108 Å². The van der Waals surface area contributed by atoms with Crippen LogP contribution in [-0.4, -0.2) is 18.0 Å². The van der Waals surface area contributed by atoms with Crippen molar-refractivity contribution in [2.24, 2.45) is 5.92 Å². The van der Waals surface area contributed by atoms with Gasteiger partial charge in [-0.3, -0.25) is 9.69 Å². The van der Waals surface area contributed by atoms with Gasteiger partial charge in [-0.05, 0) is 23.6 Å². The van der Waals surface area contributed by atoms with E-state index in [-0.39, 0.29) is 24.0 Å². The number of nitrogens with zero attached hydrogens (tertiary/aromatic N) is 1. The van der Waals surface area contributed by atoms with Gasteiger partial charge in [0.2, 0.25) is 0 Å². The summed E-state index contributed by atoms with van der Waals surface area (Å²) >= 11 is 0. The summed E-state index contributed by atoms with van der Waals surface area (Å²) in [6.45, 7) is 4.90. The van der Waals surface area contributed by atoms with Gasteiger partial charge in [0, 0.05) is 18.6 Å². The molecular formula is C26H29NO2. The Kier molecular flexibility index (Phi) is 7.20. The first-order chi connectivity index (χ1) is 14.1. The van der Waals surface area contributed by atoms with E-state index < -0.39 is 0 Å². The maximum Gasteiger partial charge on any atom is 0.310 e. The van der Waals surface area contributed by atoms with E-state index in [2.05, 4.69) is 72.5 Å². The van der Waals surface area contributed by atoms with E-state index >= 15 is 0 Å². The fraction of sp³-hybridized carbons (Fsp3) is 0.269. The molecule has 0 heterocycles. The second-order valence-electron chi connectivity index (χ2n) is 7.41. The summed E-state index contributed by atoms with van der Waals surface area (Å²) in [6.07, 6.45) is 0. The van der Waals surface area contributed by atoms with Crippen molar-refractivity contribution in [2.45, 2.75) is 32.5 Å². The highest BCUT2D eigenvalue weighted by Gasteiger charge is 2.34. The average Bonchev–Trinajstić information content (AvgIpc) is 2.79. The number of carbonyl (C=O) groups is 1. The molecular weight excluding hydrogens is 358 g/mol. The molecule has 0 spiro atoms. The van der Waals surface area contributed by atoms with E-state index in [0.29, 0.717) is 0 Å². The van der Waals surface area contributed by atoms with Crippen LogP contribution in [0.1, 0.15) is 42.6 Å². The van der Waals surface area contributed by atoms with Crippen LogP contribution in [0.15, 0.2) is 91.0 Å². The van der Waals surface area contributed by atoms with Crippen molar-refractivity contribution >= 4 is 5.97 Å². The molecule has 3 nitrogen and oxygen atoms in total. The van der Waals surface area contributed by atoms with E-state index in [1.165, 1.54) is 18.2 Å². The number of ether oxygens (including phenoxy) is 1. The number of hydrogen-bond donors (Lipinski definition) is 0. The third-order valence-electron chi connectivity index (χ3n) is 5.53. The SMILES string of the molecule is COC(=O)C(C)C(c1ccccc1)N(Cc1ccccc1)[C@@H](C)c1ccccc1. The molecule has 0 aliphatic heterocycles. The molecule has 150 valence electrons. The number of carbonyl (C=O) groups excluding carboxylic acids is 1. The molecule has 0 saturated carbocycles. The molecule has 0 saturated heterocycles. The second kappa shape index (κ2) is 10.0. The summed E-state index contributed by atoms with van der Waals surface area (Å²) in [4.78, 5) is 15.0. The van der Waals surface area contributed by atoms with Crippen molar-refractivity contribution in [1.82, 2.24) is 4.90 Å². The maximum atomic E-state index is 12.6. The third kappa shape index (κ3) is 5.12. The fourth-order valence-electron chi connectivity index (χ4n) is 3.93. The van der Waals surface area contributed by atoms with Crippen molar-refractivity contribution in [3.63, 3.8) is 0 Å². The van der Waals surface area contributed by atoms with Gasteiger partial charge in [0.1, 0.15) is 0 Å². The minimum Gasteiger partial charge on any atom is -0.469 e. The molecule has 0 aromatic heterocycles. The van der Waals surface area contributed by atoms with Crippen molar-refractivity contribution in [1.29, 1.82) is 0 Å². The van der Waals surface area contributed by atoms with Gasteiger partial charge in [0.25, 0.3) is 0 Å². The normalized spacial score (nSPS) is 14.2. The summed E-state index contributed by atoms with van der Waals surface area (Å²) in [5.74, 6) is -0.505. The first kappa shape index (κ1) is 20.8. The monoisotopic (exact) mass is 387 g/mol. The van der Waals surface area contributed by atoms with Gasteiger partial charge in [-0.1, -0.05) is 97.9 Å². The second-order valence-corrected chi connectivity index (χ2v) is 7.41. The Morgan fingerprint density at radius 3 is 1.79 bits per heavy atom. The van der Waals surface area contributed by atoms with Crippen LogP contribution in [0.3, 0.4) is 0 Å². The molecule has 0 amide bonds. The first-order valence-corrected chi connectivity index (χ1v) is 10.1. The Balaban J connectivity index is 2.07. The smallest absolute Gasteiger partial charge is 0.310 e. The topological polar surface area (TPSA) is 29.5 Å². The Morgan fingerprint density at radius 1 is 0.793 bits per heavy atom. The Morgan fingerprint density at radius 2 is 1.28 bits per heavy atom. The van der Waals surface area contributed by atoms with Gasteiger partial charge in [-0.2, -0.15) is 0 Å².